The zero-order valence-electron chi connectivity index (χ0n) is 15.2. The minimum absolute atomic E-state index is 0.0106. The molecule has 0 fully saturated rings. The fourth-order valence-electron chi connectivity index (χ4n) is 3.71. The van der Waals surface area contributed by atoms with E-state index in [0.717, 1.165) is 34.1 Å². The highest BCUT2D eigenvalue weighted by Gasteiger charge is 2.29. The lowest BCUT2D eigenvalue weighted by Crippen LogP contribution is -2.24. The number of para-hydroxylation sites is 1. The second-order valence-corrected chi connectivity index (χ2v) is 6.88. The van der Waals surface area contributed by atoms with E-state index in [1.165, 1.54) is 0 Å². The number of rotatable bonds is 3. The lowest BCUT2D eigenvalue weighted by Gasteiger charge is -2.29. The number of ether oxygens (including phenoxy) is 3. The third-order valence-corrected chi connectivity index (χ3v) is 4.99. The number of nitrogens with one attached hydrogen (secondary N) is 1. The summed E-state index contributed by atoms with van der Waals surface area (Å²) >= 11 is 0. The van der Waals surface area contributed by atoms with Gasteiger partial charge in [0.05, 0.1) is 0 Å². The van der Waals surface area contributed by atoms with Gasteiger partial charge in [-0.3, -0.25) is 4.79 Å². The van der Waals surface area contributed by atoms with Crippen LogP contribution >= 0.6 is 0 Å². The van der Waals surface area contributed by atoms with E-state index in [4.69, 9.17) is 14.2 Å². The van der Waals surface area contributed by atoms with Crippen molar-refractivity contribution >= 4 is 11.6 Å². The third kappa shape index (κ3) is 3.16. The number of anilines is 1. The molecule has 0 bridgehead atoms. The number of fused-ring (bicyclic) bond motifs is 2. The van der Waals surface area contributed by atoms with Crippen LogP contribution in [-0.2, 0) is 4.79 Å². The van der Waals surface area contributed by atoms with Gasteiger partial charge < -0.3 is 19.5 Å². The molecule has 0 radical (unpaired) electrons. The van der Waals surface area contributed by atoms with E-state index in [2.05, 4.69) is 5.32 Å². The molecule has 0 aromatic heterocycles. The first kappa shape index (κ1) is 16.7. The van der Waals surface area contributed by atoms with E-state index in [0.29, 0.717) is 25.4 Å². The monoisotopic (exact) mass is 373 g/mol. The topological polar surface area (TPSA) is 56.8 Å². The van der Waals surface area contributed by atoms with Crippen LogP contribution < -0.4 is 19.5 Å². The van der Waals surface area contributed by atoms with Crippen LogP contribution in [0, 0.1) is 0 Å². The summed E-state index contributed by atoms with van der Waals surface area (Å²) in [7, 11) is 0. The molecular weight excluding hydrogens is 354 g/mol. The molecule has 2 aliphatic rings. The molecule has 0 unspecified atom stereocenters. The van der Waals surface area contributed by atoms with Crippen molar-refractivity contribution in [3.63, 3.8) is 0 Å². The van der Waals surface area contributed by atoms with Gasteiger partial charge in [-0.15, -0.1) is 0 Å². The maximum Gasteiger partial charge on any atom is 0.225 e. The fourth-order valence-corrected chi connectivity index (χ4v) is 3.71. The van der Waals surface area contributed by atoms with Crippen molar-refractivity contribution in [1.29, 1.82) is 0 Å². The molecule has 5 nitrogen and oxygen atoms in total. The molecular formula is C23H19NO4. The van der Waals surface area contributed by atoms with Gasteiger partial charge in [-0.1, -0.05) is 30.3 Å². The first-order valence-corrected chi connectivity index (χ1v) is 9.32. The fraction of sp³-hybridized carbons (Fsp3) is 0.174. The Balaban J connectivity index is 1.51. The minimum Gasteiger partial charge on any atom is -0.486 e. The quantitative estimate of drug-likeness (QED) is 0.721. The first-order valence-electron chi connectivity index (χ1n) is 9.32. The highest BCUT2D eigenvalue weighted by atomic mass is 16.6. The van der Waals surface area contributed by atoms with Crippen molar-refractivity contribution in [3.05, 3.63) is 77.9 Å². The number of carbonyl (C=O) groups is 1. The van der Waals surface area contributed by atoms with E-state index in [9.17, 15) is 4.79 Å². The second-order valence-electron chi connectivity index (χ2n) is 6.88. The third-order valence-electron chi connectivity index (χ3n) is 4.99. The SMILES string of the molecule is O=C1C[C@@H](c2cccc(Oc3ccccc3)c2)c2cc3c(cc2N1)OCCO3. The maximum atomic E-state index is 12.3. The van der Waals surface area contributed by atoms with E-state index in [1.54, 1.807) is 0 Å². The van der Waals surface area contributed by atoms with Crippen molar-refractivity contribution < 1.29 is 19.0 Å². The Hall–Kier alpha value is -3.47. The molecule has 3 aromatic rings. The summed E-state index contributed by atoms with van der Waals surface area (Å²) in [6.45, 7) is 1.05. The van der Waals surface area contributed by atoms with Crippen LogP contribution in [0.5, 0.6) is 23.0 Å². The van der Waals surface area contributed by atoms with Gasteiger partial charge in [-0.05, 0) is 41.5 Å². The van der Waals surface area contributed by atoms with Gasteiger partial charge in [0.2, 0.25) is 5.91 Å². The van der Waals surface area contributed by atoms with Gasteiger partial charge >= 0.3 is 0 Å². The summed E-state index contributed by atoms with van der Waals surface area (Å²) in [5.74, 6) is 2.84. The summed E-state index contributed by atoms with van der Waals surface area (Å²) in [6, 6.07) is 21.4. The van der Waals surface area contributed by atoms with Crippen molar-refractivity contribution in [2.45, 2.75) is 12.3 Å². The summed E-state index contributed by atoms with van der Waals surface area (Å²) < 4.78 is 17.4. The number of hydrogen-bond acceptors (Lipinski definition) is 4. The molecule has 3 aromatic carbocycles. The van der Waals surface area contributed by atoms with Crippen LogP contribution in [0.2, 0.25) is 0 Å². The summed E-state index contributed by atoms with van der Waals surface area (Å²) in [6.07, 6.45) is 0.376. The van der Waals surface area contributed by atoms with E-state index >= 15 is 0 Å². The molecule has 0 spiro atoms. The van der Waals surface area contributed by atoms with Gasteiger partial charge in [-0.2, -0.15) is 0 Å². The van der Waals surface area contributed by atoms with Crippen molar-refractivity contribution in [3.8, 4) is 23.0 Å². The smallest absolute Gasteiger partial charge is 0.225 e. The Bertz CT molecular complexity index is 1030. The average Bonchev–Trinajstić information content (AvgIpc) is 2.73. The number of amides is 1. The zero-order valence-corrected chi connectivity index (χ0v) is 15.2. The Kier molecular flexibility index (Phi) is 4.13. The van der Waals surface area contributed by atoms with Gasteiger partial charge in [0.15, 0.2) is 11.5 Å². The normalized spacial score (nSPS) is 17.4. The van der Waals surface area contributed by atoms with Crippen LogP contribution in [0.15, 0.2) is 66.7 Å². The summed E-state index contributed by atoms with van der Waals surface area (Å²) in [4.78, 5) is 12.3. The summed E-state index contributed by atoms with van der Waals surface area (Å²) in [5.41, 5.74) is 2.84. The molecule has 1 atom stereocenters. The van der Waals surface area contributed by atoms with E-state index < -0.39 is 0 Å². The van der Waals surface area contributed by atoms with Gasteiger partial charge in [0.1, 0.15) is 24.7 Å². The van der Waals surface area contributed by atoms with Crippen molar-refractivity contribution in [2.75, 3.05) is 18.5 Å². The number of carbonyl (C=O) groups excluding carboxylic acids is 1. The maximum absolute atomic E-state index is 12.3. The predicted molar refractivity (Wildman–Crippen MR) is 105 cm³/mol. The number of hydrogen-bond donors (Lipinski definition) is 1. The average molecular weight is 373 g/mol. The molecule has 0 aliphatic carbocycles. The largest absolute Gasteiger partial charge is 0.486 e. The van der Waals surface area contributed by atoms with Gasteiger partial charge in [-0.25, -0.2) is 0 Å². The molecule has 1 N–H and O–H groups in total. The molecule has 5 rings (SSSR count). The lowest BCUT2D eigenvalue weighted by atomic mass is 9.84. The molecule has 0 saturated heterocycles. The predicted octanol–water partition coefficient (Wildman–Crippen LogP) is 4.72. The lowest BCUT2D eigenvalue weighted by molar-refractivity contribution is -0.116. The van der Waals surface area contributed by atoms with Crippen molar-refractivity contribution in [2.24, 2.45) is 0 Å². The van der Waals surface area contributed by atoms with Crippen LogP contribution in [-0.4, -0.2) is 19.1 Å². The van der Waals surface area contributed by atoms with Gasteiger partial charge in [0.25, 0.3) is 0 Å². The Morgan fingerprint density at radius 1 is 0.857 bits per heavy atom. The van der Waals surface area contributed by atoms with Gasteiger partial charge in [0, 0.05) is 24.1 Å². The highest BCUT2D eigenvalue weighted by molar-refractivity contribution is 5.96. The molecule has 5 heteroatoms. The number of benzene rings is 3. The van der Waals surface area contributed by atoms with E-state index in [-0.39, 0.29) is 11.8 Å². The highest BCUT2D eigenvalue weighted by Crippen LogP contribution is 2.44. The Morgan fingerprint density at radius 2 is 1.61 bits per heavy atom. The second kappa shape index (κ2) is 6.93. The van der Waals surface area contributed by atoms with E-state index in [1.807, 2.05) is 66.7 Å². The molecule has 2 aliphatic heterocycles. The Morgan fingerprint density at radius 3 is 2.43 bits per heavy atom. The van der Waals surface area contributed by atoms with Crippen LogP contribution in [0.4, 0.5) is 5.69 Å². The molecule has 140 valence electrons. The summed E-state index contributed by atoms with van der Waals surface area (Å²) in [5, 5.41) is 2.96. The standard InChI is InChI=1S/C23H19NO4/c25-23-13-18(19-12-21-22(14-20(19)24-23)27-10-9-26-21)15-5-4-8-17(11-15)28-16-6-2-1-3-7-16/h1-8,11-12,14,18H,9-10,13H2,(H,24,25)/t18-/m0/s1. The van der Waals surface area contributed by atoms with Crippen LogP contribution in [0.1, 0.15) is 23.5 Å². The Labute approximate surface area is 162 Å². The van der Waals surface area contributed by atoms with Crippen LogP contribution in [0.25, 0.3) is 0 Å². The minimum atomic E-state index is -0.0705. The first-order chi connectivity index (χ1) is 13.8. The van der Waals surface area contributed by atoms with Crippen LogP contribution in [0.3, 0.4) is 0 Å². The zero-order chi connectivity index (χ0) is 18.9. The molecule has 2 heterocycles. The molecule has 0 saturated carbocycles. The molecule has 1 amide bonds. The van der Waals surface area contributed by atoms with Crippen molar-refractivity contribution in [1.82, 2.24) is 0 Å². The molecule has 28 heavy (non-hydrogen) atoms.